The molecule has 2 saturated heterocycles. The number of hydrogen-bond acceptors (Lipinski definition) is 6. The smallest absolute Gasteiger partial charge is 0.330 e. The van der Waals surface area contributed by atoms with Crippen LogP contribution in [-0.2, 0) is 19.0 Å². The van der Waals surface area contributed by atoms with Gasteiger partial charge in [-0.3, -0.25) is 0 Å². The molecular weight excluding hydrogens is 324 g/mol. The first-order valence-electron chi connectivity index (χ1n) is 8.88. The standard InChI is InChI=1S/C19H26O6/c1-5-6-13(21)25-15-14(22)16-19(9-23-19)18(15,4)17(3)8-11(20)10(2)7-12(17)24-16/h5-7,11-12,14-16,20,22H,8-9H2,1-4H3. The van der Waals surface area contributed by atoms with E-state index in [-0.39, 0.29) is 6.10 Å². The van der Waals surface area contributed by atoms with E-state index in [4.69, 9.17) is 14.2 Å². The van der Waals surface area contributed by atoms with Gasteiger partial charge < -0.3 is 24.4 Å². The number of fused-ring (bicyclic) bond motifs is 2. The van der Waals surface area contributed by atoms with Gasteiger partial charge in [0.05, 0.1) is 18.8 Å². The molecule has 0 amide bonds. The Bertz CT molecular complexity index is 665. The highest BCUT2D eigenvalue weighted by Gasteiger charge is 2.84. The van der Waals surface area contributed by atoms with Crippen molar-refractivity contribution in [1.29, 1.82) is 0 Å². The van der Waals surface area contributed by atoms with Gasteiger partial charge in [-0.1, -0.05) is 26.0 Å². The molecule has 2 heterocycles. The number of allylic oxidation sites excluding steroid dienone is 1. The van der Waals surface area contributed by atoms with E-state index in [1.165, 1.54) is 6.08 Å². The van der Waals surface area contributed by atoms with Crippen molar-refractivity contribution in [1.82, 2.24) is 0 Å². The van der Waals surface area contributed by atoms with Crippen LogP contribution in [-0.4, -0.2) is 58.9 Å². The predicted octanol–water partition coefficient (Wildman–Crippen LogP) is 1.11. The molecule has 2 aliphatic heterocycles. The minimum atomic E-state index is -0.963. The summed E-state index contributed by atoms with van der Waals surface area (Å²) in [5.41, 5.74) is -0.994. The average molecular weight is 350 g/mol. The molecule has 0 aromatic carbocycles. The SMILES string of the molecule is CC=CC(=O)OC1C(O)C2OC3C=C(C)C(O)CC3(C)C1(C)C21CO1. The zero-order chi connectivity index (χ0) is 18.2. The monoisotopic (exact) mass is 350 g/mol. The van der Waals surface area contributed by atoms with Crippen LogP contribution >= 0.6 is 0 Å². The molecule has 3 fully saturated rings. The summed E-state index contributed by atoms with van der Waals surface area (Å²) in [5.74, 6) is -0.487. The highest BCUT2D eigenvalue weighted by molar-refractivity contribution is 5.82. The Kier molecular flexibility index (Phi) is 3.55. The number of hydrogen-bond donors (Lipinski definition) is 2. The van der Waals surface area contributed by atoms with Crippen molar-refractivity contribution in [2.24, 2.45) is 10.8 Å². The number of aliphatic hydroxyl groups excluding tert-OH is 2. The summed E-state index contributed by atoms with van der Waals surface area (Å²) < 4.78 is 17.8. The van der Waals surface area contributed by atoms with E-state index in [2.05, 4.69) is 0 Å². The number of ether oxygens (including phenoxy) is 3. The summed E-state index contributed by atoms with van der Waals surface area (Å²) in [6, 6.07) is 0. The molecule has 4 aliphatic rings. The van der Waals surface area contributed by atoms with Gasteiger partial charge in [0.1, 0.15) is 23.9 Å². The Morgan fingerprint density at radius 1 is 1.40 bits per heavy atom. The molecule has 4 rings (SSSR count). The van der Waals surface area contributed by atoms with Crippen LogP contribution in [0.25, 0.3) is 0 Å². The van der Waals surface area contributed by atoms with Crippen LogP contribution in [0.3, 0.4) is 0 Å². The van der Waals surface area contributed by atoms with E-state index in [1.54, 1.807) is 13.0 Å². The fourth-order valence-corrected chi connectivity index (χ4v) is 5.41. The predicted molar refractivity (Wildman–Crippen MR) is 88.6 cm³/mol. The van der Waals surface area contributed by atoms with Crippen LogP contribution in [0.15, 0.2) is 23.8 Å². The van der Waals surface area contributed by atoms with Gasteiger partial charge in [-0.05, 0) is 25.8 Å². The maximum atomic E-state index is 12.1. The maximum absolute atomic E-state index is 12.1. The van der Waals surface area contributed by atoms with Crippen molar-refractivity contribution in [3.63, 3.8) is 0 Å². The Morgan fingerprint density at radius 2 is 2.08 bits per heavy atom. The van der Waals surface area contributed by atoms with Crippen LogP contribution in [0.2, 0.25) is 0 Å². The number of carbonyl (C=O) groups excluding carboxylic acids is 1. The zero-order valence-corrected chi connectivity index (χ0v) is 15.1. The zero-order valence-electron chi connectivity index (χ0n) is 15.1. The fourth-order valence-electron chi connectivity index (χ4n) is 5.41. The molecule has 0 radical (unpaired) electrons. The number of esters is 1. The first-order valence-corrected chi connectivity index (χ1v) is 8.88. The fraction of sp³-hybridized carbons (Fsp3) is 0.737. The first kappa shape index (κ1) is 17.2. The molecule has 1 saturated carbocycles. The second-order valence-corrected chi connectivity index (χ2v) is 8.25. The molecule has 0 aromatic heterocycles. The third-order valence-electron chi connectivity index (χ3n) is 7.19. The van der Waals surface area contributed by atoms with Gasteiger partial charge in [0.2, 0.25) is 0 Å². The lowest BCUT2D eigenvalue weighted by atomic mass is 9.51. The topological polar surface area (TPSA) is 88.5 Å². The molecule has 1 spiro atoms. The summed E-state index contributed by atoms with van der Waals surface area (Å²) in [5, 5.41) is 21.4. The molecule has 138 valence electrons. The van der Waals surface area contributed by atoms with Gasteiger partial charge in [0, 0.05) is 16.9 Å². The highest BCUT2D eigenvalue weighted by atomic mass is 16.7. The molecular formula is C19H26O6. The van der Waals surface area contributed by atoms with E-state index in [1.807, 2.05) is 26.8 Å². The van der Waals surface area contributed by atoms with Gasteiger partial charge in [-0.2, -0.15) is 0 Å². The maximum Gasteiger partial charge on any atom is 0.330 e. The van der Waals surface area contributed by atoms with Crippen molar-refractivity contribution >= 4 is 5.97 Å². The summed E-state index contributed by atoms with van der Waals surface area (Å²) in [4.78, 5) is 12.1. The summed E-state index contributed by atoms with van der Waals surface area (Å²) in [6.07, 6.45) is 2.26. The third-order valence-corrected chi connectivity index (χ3v) is 7.19. The molecule has 6 nitrogen and oxygen atoms in total. The Labute approximate surface area is 147 Å². The van der Waals surface area contributed by atoms with Gasteiger partial charge in [-0.15, -0.1) is 0 Å². The number of aliphatic hydroxyl groups is 2. The van der Waals surface area contributed by atoms with E-state index in [0.29, 0.717) is 13.0 Å². The first-order chi connectivity index (χ1) is 11.7. The van der Waals surface area contributed by atoms with Crippen LogP contribution in [0, 0.1) is 10.8 Å². The summed E-state index contributed by atoms with van der Waals surface area (Å²) >= 11 is 0. The third kappa shape index (κ3) is 1.91. The second-order valence-electron chi connectivity index (χ2n) is 8.25. The van der Waals surface area contributed by atoms with E-state index < -0.39 is 46.8 Å². The van der Waals surface area contributed by atoms with E-state index in [9.17, 15) is 15.0 Å². The average Bonchev–Trinajstić information content (AvgIpc) is 3.32. The van der Waals surface area contributed by atoms with Gasteiger partial charge in [0.25, 0.3) is 0 Å². The molecule has 25 heavy (non-hydrogen) atoms. The minimum absolute atomic E-state index is 0.263. The molecule has 6 heteroatoms. The summed E-state index contributed by atoms with van der Waals surface area (Å²) in [6.45, 7) is 8.13. The summed E-state index contributed by atoms with van der Waals surface area (Å²) in [7, 11) is 0. The lowest BCUT2D eigenvalue weighted by Crippen LogP contribution is -2.65. The van der Waals surface area contributed by atoms with Gasteiger partial charge in [0.15, 0.2) is 0 Å². The lowest BCUT2D eigenvalue weighted by Gasteiger charge is -2.57. The van der Waals surface area contributed by atoms with Crippen LogP contribution in [0.5, 0.6) is 0 Å². The molecule has 8 unspecified atom stereocenters. The van der Waals surface area contributed by atoms with Gasteiger partial charge in [-0.25, -0.2) is 4.79 Å². The largest absolute Gasteiger partial charge is 0.456 e. The lowest BCUT2D eigenvalue weighted by molar-refractivity contribution is -0.216. The molecule has 2 bridgehead atoms. The minimum Gasteiger partial charge on any atom is -0.456 e. The van der Waals surface area contributed by atoms with Crippen LogP contribution < -0.4 is 0 Å². The number of carbonyl (C=O) groups is 1. The van der Waals surface area contributed by atoms with Crippen molar-refractivity contribution < 1.29 is 29.2 Å². The van der Waals surface area contributed by atoms with Gasteiger partial charge >= 0.3 is 5.97 Å². The molecule has 8 atom stereocenters. The van der Waals surface area contributed by atoms with Crippen LogP contribution in [0.1, 0.15) is 34.1 Å². The normalized spacial score (nSPS) is 53.7. The number of epoxide rings is 1. The Balaban J connectivity index is 1.81. The van der Waals surface area contributed by atoms with Crippen molar-refractivity contribution in [3.05, 3.63) is 23.8 Å². The van der Waals surface area contributed by atoms with Crippen LogP contribution in [0.4, 0.5) is 0 Å². The molecule has 2 N–H and O–H groups in total. The Morgan fingerprint density at radius 3 is 2.68 bits per heavy atom. The van der Waals surface area contributed by atoms with Crippen molar-refractivity contribution in [2.45, 2.75) is 70.2 Å². The number of rotatable bonds is 2. The quantitative estimate of drug-likeness (QED) is 0.336. The van der Waals surface area contributed by atoms with E-state index >= 15 is 0 Å². The van der Waals surface area contributed by atoms with Crippen molar-refractivity contribution in [2.75, 3.05) is 6.61 Å². The highest BCUT2D eigenvalue weighted by Crippen LogP contribution is 2.71. The Hall–Kier alpha value is -1.21. The van der Waals surface area contributed by atoms with E-state index in [0.717, 1.165) is 5.57 Å². The second kappa shape index (κ2) is 5.16. The molecule has 0 aromatic rings. The molecule has 2 aliphatic carbocycles. The van der Waals surface area contributed by atoms with Crippen molar-refractivity contribution in [3.8, 4) is 0 Å².